The van der Waals surface area contributed by atoms with Crippen LogP contribution in [0.5, 0.6) is 0 Å². The normalized spacial score (nSPS) is 12.5. The monoisotopic (exact) mass is 374 g/mol. The first kappa shape index (κ1) is 18.2. The standard InChI is InChI=1S/C18H19FN4O2S/c1-22(2)15(11-4-6-12(19)7-5-11)18(25)23(3)10-14-20-13-8-9-26-16(13)17(24)21-14/h4-9,15H,10H2,1-3H3,(H,20,21,24)/t15-/m1/s1. The van der Waals surface area contributed by atoms with Gasteiger partial charge in [0, 0.05) is 7.05 Å². The number of halogens is 1. The van der Waals surface area contributed by atoms with Crippen LogP contribution in [0.15, 0.2) is 40.5 Å². The average Bonchev–Trinajstić information content (AvgIpc) is 3.05. The van der Waals surface area contributed by atoms with E-state index in [0.29, 0.717) is 21.6 Å². The minimum atomic E-state index is -0.558. The molecule has 0 aliphatic heterocycles. The van der Waals surface area contributed by atoms with Crippen molar-refractivity contribution < 1.29 is 9.18 Å². The van der Waals surface area contributed by atoms with Gasteiger partial charge in [0.15, 0.2) is 0 Å². The van der Waals surface area contributed by atoms with Crippen molar-refractivity contribution in [1.82, 2.24) is 19.8 Å². The van der Waals surface area contributed by atoms with E-state index in [4.69, 9.17) is 0 Å². The summed E-state index contributed by atoms with van der Waals surface area (Å²) in [5, 5.41) is 1.81. The van der Waals surface area contributed by atoms with E-state index >= 15 is 0 Å². The van der Waals surface area contributed by atoms with Crippen molar-refractivity contribution in [3.8, 4) is 0 Å². The van der Waals surface area contributed by atoms with Gasteiger partial charge in [0.05, 0.1) is 12.1 Å². The lowest BCUT2D eigenvalue weighted by atomic mass is 10.0. The first-order valence-electron chi connectivity index (χ1n) is 8.00. The molecule has 1 aromatic carbocycles. The summed E-state index contributed by atoms with van der Waals surface area (Å²) in [5.41, 5.74) is 1.11. The van der Waals surface area contributed by atoms with Gasteiger partial charge in [0.25, 0.3) is 5.56 Å². The van der Waals surface area contributed by atoms with Crippen molar-refractivity contribution in [2.24, 2.45) is 0 Å². The molecule has 0 spiro atoms. The number of carbonyl (C=O) groups excluding carboxylic acids is 1. The topological polar surface area (TPSA) is 69.3 Å². The fraction of sp³-hybridized carbons (Fsp3) is 0.278. The molecule has 6 nitrogen and oxygen atoms in total. The Labute approximate surface area is 153 Å². The Balaban J connectivity index is 1.84. The molecule has 0 aliphatic carbocycles. The third-order valence-corrected chi connectivity index (χ3v) is 4.97. The molecule has 3 rings (SSSR count). The molecule has 2 heterocycles. The summed E-state index contributed by atoms with van der Waals surface area (Å²) in [6, 6.07) is 7.09. The van der Waals surface area contributed by atoms with Gasteiger partial charge in [-0.1, -0.05) is 12.1 Å². The molecule has 0 unspecified atom stereocenters. The zero-order valence-electron chi connectivity index (χ0n) is 14.7. The molecule has 0 saturated carbocycles. The maximum Gasteiger partial charge on any atom is 0.268 e. The van der Waals surface area contributed by atoms with Crippen LogP contribution in [0.2, 0.25) is 0 Å². The van der Waals surface area contributed by atoms with Crippen LogP contribution in [0.1, 0.15) is 17.4 Å². The SMILES string of the molecule is CN(Cc1nc2ccsc2c(=O)[nH]1)C(=O)[C@@H](c1ccc(F)cc1)N(C)C. The second-order valence-corrected chi connectivity index (χ2v) is 7.18. The Morgan fingerprint density at radius 3 is 2.58 bits per heavy atom. The average molecular weight is 374 g/mol. The number of aromatic nitrogens is 2. The van der Waals surface area contributed by atoms with E-state index in [1.54, 1.807) is 44.2 Å². The van der Waals surface area contributed by atoms with E-state index < -0.39 is 6.04 Å². The first-order valence-corrected chi connectivity index (χ1v) is 8.88. The zero-order chi connectivity index (χ0) is 18.8. The number of hydrogen-bond acceptors (Lipinski definition) is 5. The van der Waals surface area contributed by atoms with E-state index in [1.807, 2.05) is 5.38 Å². The van der Waals surface area contributed by atoms with Crippen LogP contribution in [-0.4, -0.2) is 46.8 Å². The van der Waals surface area contributed by atoms with E-state index in [1.165, 1.54) is 28.4 Å². The second kappa shape index (κ2) is 7.35. The molecule has 1 atom stereocenters. The number of aromatic amines is 1. The summed E-state index contributed by atoms with van der Waals surface area (Å²) in [5.74, 6) is -0.0964. The van der Waals surface area contributed by atoms with E-state index in [0.717, 1.165) is 0 Å². The Kier molecular flexibility index (Phi) is 5.15. The zero-order valence-corrected chi connectivity index (χ0v) is 15.5. The minimum absolute atomic E-state index is 0.172. The molecule has 136 valence electrons. The number of hydrogen-bond donors (Lipinski definition) is 1. The van der Waals surface area contributed by atoms with Crippen LogP contribution in [0.4, 0.5) is 4.39 Å². The van der Waals surface area contributed by atoms with Crippen molar-refractivity contribution in [2.75, 3.05) is 21.1 Å². The first-order chi connectivity index (χ1) is 12.4. The molecule has 2 aromatic heterocycles. The van der Waals surface area contributed by atoms with Gasteiger partial charge in [0.2, 0.25) is 5.91 Å². The summed E-state index contributed by atoms with van der Waals surface area (Å²) in [6.45, 7) is 0.172. The molecule has 0 bridgehead atoms. The minimum Gasteiger partial charge on any atom is -0.337 e. The lowest BCUT2D eigenvalue weighted by Crippen LogP contribution is -2.38. The van der Waals surface area contributed by atoms with Gasteiger partial charge in [-0.25, -0.2) is 9.37 Å². The van der Waals surface area contributed by atoms with Crippen LogP contribution in [0, 0.1) is 5.82 Å². The van der Waals surface area contributed by atoms with Crippen molar-refractivity contribution in [1.29, 1.82) is 0 Å². The van der Waals surface area contributed by atoms with E-state index in [-0.39, 0.29) is 23.8 Å². The van der Waals surface area contributed by atoms with Crippen LogP contribution < -0.4 is 5.56 Å². The number of H-pyrrole nitrogens is 1. The molecule has 0 aliphatic rings. The van der Waals surface area contributed by atoms with Gasteiger partial charge in [0.1, 0.15) is 22.4 Å². The summed E-state index contributed by atoms with van der Waals surface area (Å²) in [4.78, 5) is 35.4. The van der Waals surface area contributed by atoms with E-state index in [2.05, 4.69) is 9.97 Å². The highest BCUT2D eigenvalue weighted by Crippen LogP contribution is 2.22. The highest BCUT2D eigenvalue weighted by Gasteiger charge is 2.26. The van der Waals surface area contributed by atoms with Gasteiger partial charge >= 0.3 is 0 Å². The van der Waals surface area contributed by atoms with Crippen molar-refractivity contribution in [2.45, 2.75) is 12.6 Å². The Bertz CT molecular complexity index is 981. The maximum atomic E-state index is 13.2. The van der Waals surface area contributed by atoms with Gasteiger partial charge in [-0.2, -0.15) is 0 Å². The number of carbonyl (C=O) groups is 1. The summed E-state index contributed by atoms with van der Waals surface area (Å²) < 4.78 is 13.8. The van der Waals surface area contributed by atoms with E-state index in [9.17, 15) is 14.0 Å². The molecule has 3 aromatic rings. The summed E-state index contributed by atoms with van der Waals surface area (Å²) in [7, 11) is 5.23. The van der Waals surface area contributed by atoms with Gasteiger partial charge in [-0.3, -0.25) is 14.5 Å². The number of fused-ring (bicyclic) bond motifs is 1. The predicted octanol–water partition coefficient (Wildman–Crippen LogP) is 2.39. The lowest BCUT2D eigenvalue weighted by Gasteiger charge is -2.28. The molecule has 1 amide bonds. The maximum absolute atomic E-state index is 13.2. The molecule has 0 saturated heterocycles. The number of thiophene rings is 1. The molecule has 8 heteroatoms. The quantitative estimate of drug-likeness (QED) is 0.745. The van der Waals surface area contributed by atoms with Crippen LogP contribution in [0.3, 0.4) is 0 Å². The predicted molar refractivity (Wildman–Crippen MR) is 99.5 cm³/mol. The van der Waals surface area contributed by atoms with Gasteiger partial charge in [-0.05, 0) is 43.2 Å². The molecular formula is C18H19FN4O2S. The van der Waals surface area contributed by atoms with Crippen LogP contribution >= 0.6 is 11.3 Å². The smallest absolute Gasteiger partial charge is 0.268 e. The molecule has 26 heavy (non-hydrogen) atoms. The fourth-order valence-electron chi connectivity index (χ4n) is 2.81. The number of rotatable bonds is 5. The summed E-state index contributed by atoms with van der Waals surface area (Å²) in [6.07, 6.45) is 0. The van der Waals surface area contributed by atoms with Crippen molar-refractivity contribution in [3.63, 3.8) is 0 Å². The molecular weight excluding hydrogens is 355 g/mol. The number of nitrogens with one attached hydrogen (secondary N) is 1. The highest BCUT2D eigenvalue weighted by atomic mass is 32.1. The lowest BCUT2D eigenvalue weighted by molar-refractivity contribution is -0.135. The van der Waals surface area contributed by atoms with Crippen LogP contribution in [-0.2, 0) is 11.3 Å². The number of benzene rings is 1. The summed E-state index contributed by atoms with van der Waals surface area (Å²) >= 11 is 1.33. The van der Waals surface area contributed by atoms with Crippen molar-refractivity contribution >= 4 is 27.5 Å². The fourth-order valence-corrected chi connectivity index (χ4v) is 3.54. The van der Waals surface area contributed by atoms with Gasteiger partial charge in [-0.15, -0.1) is 11.3 Å². The third-order valence-electron chi connectivity index (χ3n) is 4.06. The second-order valence-electron chi connectivity index (χ2n) is 6.26. The number of nitrogens with zero attached hydrogens (tertiary/aromatic N) is 3. The molecule has 0 fully saturated rings. The van der Waals surface area contributed by atoms with Gasteiger partial charge < -0.3 is 9.88 Å². The highest BCUT2D eigenvalue weighted by molar-refractivity contribution is 7.17. The number of likely N-dealkylation sites (N-methyl/N-ethyl adjacent to an activating group) is 2. The molecule has 0 radical (unpaired) electrons. The Morgan fingerprint density at radius 2 is 1.92 bits per heavy atom. The van der Waals surface area contributed by atoms with Crippen molar-refractivity contribution in [3.05, 3.63) is 63.3 Å². The Morgan fingerprint density at radius 1 is 1.23 bits per heavy atom. The van der Waals surface area contributed by atoms with Crippen LogP contribution in [0.25, 0.3) is 10.2 Å². The number of amides is 1. The third kappa shape index (κ3) is 3.66. The Hall–Kier alpha value is -2.58. The molecule has 1 N–H and O–H groups in total. The largest absolute Gasteiger partial charge is 0.337 e.